The molecule has 51 nitrogen and oxygen atoms in total. The Hall–Kier alpha value is -10.7. The minimum Gasteiger partial charge on any atom is -0.481 e. The molecule has 0 aliphatic carbocycles. The number of nitrogens with one attached hydrogen (secondary N) is 11. The van der Waals surface area contributed by atoms with Crippen molar-refractivity contribution in [2.45, 2.75) is 186 Å². The van der Waals surface area contributed by atoms with Gasteiger partial charge >= 0.3 is 29.8 Å². The van der Waals surface area contributed by atoms with Gasteiger partial charge in [-0.05, 0) is 49.9 Å². The normalized spacial score (nSPS) is 17.0. The van der Waals surface area contributed by atoms with Crippen LogP contribution in [-0.2, 0) is 68.9 Å². The minimum absolute atomic E-state index is 0.0145. The molecule has 0 aliphatic heterocycles. The predicted molar refractivity (Wildman–Crippen MR) is 372 cm³/mol. The topological polar surface area (TPSA) is 882 Å². The highest BCUT2D eigenvalue weighted by atomic mass is 32.1. The van der Waals surface area contributed by atoms with Gasteiger partial charge in [0.25, 0.3) is 11.5 Å². The molecule has 3 rings (SSSR count). The zero-order chi connectivity index (χ0) is 85.6. The second-order valence-corrected chi connectivity index (χ2v) is 25.2. The smallest absolute Gasteiger partial charge is 0.327 e. The van der Waals surface area contributed by atoms with E-state index in [2.05, 4.69) is 43.2 Å². The number of anilines is 2. The third-order valence-electron chi connectivity index (χ3n) is 16.4. The van der Waals surface area contributed by atoms with Gasteiger partial charge < -0.3 is 166 Å². The van der Waals surface area contributed by atoms with Crippen LogP contribution in [0.2, 0.25) is 0 Å². The lowest BCUT2D eigenvalue weighted by Gasteiger charge is -2.33. The second-order valence-electron chi connectivity index (χ2n) is 24.8. The molecule has 0 saturated carbocycles. The van der Waals surface area contributed by atoms with E-state index in [1.807, 2.05) is 10.6 Å². The van der Waals surface area contributed by atoms with Gasteiger partial charge in [0.15, 0.2) is 11.2 Å². The van der Waals surface area contributed by atoms with Gasteiger partial charge in [0.05, 0.1) is 44.9 Å². The Kier molecular flexibility index (Phi) is 39.6. The molecule has 1 aromatic carbocycles. The summed E-state index contributed by atoms with van der Waals surface area (Å²) in [6.07, 6.45) is -39.8. The van der Waals surface area contributed by atoms with Gasteiger partial charge in [0, 0.05) is 42.7 Å². The number of rotatable bonds is 51. The zero-order valence-electron chi connectivity index (χ0n) is 58.8. The molecule has 3 aromatic rings. The number of H-pyrrole nitrogens is 1. The van der Waals surface area contributed by atoms with Crippen LogP contribution in [0.1, 0.15) is 67.4 Å². The van der Waals surface area contributed by atoms with Crippen LogP contribution >= 0.6 is 12.6 Å². The van der Waals surface area contributed by atoms with E-state index in [9.17, 15) is 179 Å². The molecular formula is C61H89N15O36S. The molecule has 0 spiro atoms. The summed E-state index contributed by atoms with van der Waals surface area (Å²) in [5.74, 6) is -25.5. The number of benzene rings is 1. The highest BCUT2D eigenvalue weighted by Crippen LogP contribution is 2.18. The standard InChI is InChI=1S/C61H89N15O36S/c62-61-75-49-40(58(108)76-61)65-22(14-64-49)13-63-21-3-1-20(2-4-21)50(100)69-26(59(109)110)5-9-32(85)71-36(45(96)41(92)28(81)15-77)54(104)66-23(6-10-33(86)87)51(101)72-37(46(97)42(93)29(82)16-78)55(105)67-24(7-11-34(88)89)52(102)73-38(47(98)43(94)30(83)17-79)56(106)68-25(8-12-35(90)91)53(103)74-39(48(99)44(95)31(84)18-80)57(107)70-27(19-113)60(111)112/h1-4,14,23-31,36-39,41-48,63,77-84,92-99,113H,5-13,15-19H2,(H,66,104)(H,67,105)(H,68,106)(H,69,100)(H,70,107)(H,71,85)(H,72,101)(H,73,102)(H,74,103)(H,86,87)(H,88,89)(H,90,91)(H,109,110)(H,111,112)(H3,62,64,75,76,108)/t23-,24-,25-,26-,27-,28+,29+,30+,31+,36+,37+,38+,39+,41+,42+,43+,44+,45+,46+,47+,48+/m0/s1. The number of carboxylic acids is 5. The maximum atomic E-state index is 14.5. The highest BCUT2D eigenvalue weighted by molar-refractivity contribution is 7.80. The molecule has 0 aliphatic rings. The van der Waals surface area contributed by atoms with Crippen LogP contribution in [0, 0.1) is 0 Å². The molecule has 113 heavy (non-hydrogen) atoms. The molecule has 34 N–H and O–H groups in total. The number of hydrogen-bond acceptors (Lipinski definition) is 37. The molecule has 0 unspecified atom stereocenters. The molecule has 9 amide bonds. The van der Waals surface area contributed by atoms with Crippen LogP contribution in [0.5, 0.6) is 0 Å². The molecule has 630 valence electrons. The molecule has 0 radical (unpaired) electrons. The number of aromatic amines is 1. The van der Waals surface area contributed by atoms with Crippen LogP contribution in [0.3, 0.4) is 0 Å². The number of nitrogens with zero attached hydrogens (tertiary/aromatic N) is 3. The number of amides is 9. The molecule has 0 saturated heterocycles. The van der Waals surface area contributed by atoms with Gasteiger partial charge in [0.1, 0.15) is 128 Å². The van der Waals surface area contributed by atoms with Gasteiger partial charge in [-0.15, -0.1) is 0 Å². The first-order chi connectivity index (χ1) is 53.0. The molecular weight excluding hydrogens is 1550 g/mol. The predicted octanol–water partition coefficient (Wildman–Crippen LogP) is -16.3. The van der Waals surface area contributed by atoms with Crippen molar-refractivity contribution in [2.75, 3.05) is 43.2 Å². The molecule has 0 bridgehead atoms. The zero-order valence-corrected chi connectivity index (χ0v) is 59.7. The molecule has 2 heterocycles. The van der Waals surface area contributed by atoms with Gasteiger partial charge in [-0.25, -0.2) is 19.6 Å². The van der Waals surface area contributed by atoms with Crippen LogP contribution in [-0.4, -0.2) is 370 Å². The number of aliphatic hydroxyl groups is 16. The van der Waals surface area contributed by atoms with E-state index in [0.29, 0.717) is 5.69 Å². The third kappa shape index (κ3) is 29.7. The summed E-state index contributed by atoms with van der Waals surface area (Å²) in [5, 5.41) is 235. The average Bonchev–Trinajstić information content (AvgIpc) is 0.825. The number of thiol groups is 1. The van der Waals surface area contributed by atoms with Crippen molar-refractivity contribution in [3.8, 4) is 0 Å². The minimum atomic E-state index is -3.01. The van der Waals surface area contributed by atoms with E-state index < -0.39 is 300 Å². The van der Waals surface area contributed by atoms with E-state index in [1.54, 1.807) is 31.9 Å². The summed E-state index contributed by atoms with van der Waals surface area (Å²) in [7, 11) is 0. The van der Waals surface area contributed by atoms with Gasteiger partial charge in [-0.1, -0.05) is 0 Å². The quantitative estimate of drug-likeness (QED) is 0.0233. The van der Waals surface area contributed by atoms with Gasteiger partial charge in [0.2, 0.25) is 53.2 Å². The van der Waals surface area contributed by atoms with Crippen molar-refractivity contribution < 1.29 is 174 Å². The van der Waals surface area contributed by atoms with Crippen LogP contribution < -0.4 is 64.5 Å². The van der Waals surface area contributed by atoms with Crippen molar-refractivity contribution >= 4 is 118 Å². The summed E-state index contributed by atoms with van der Waals surface area (Å²) >= 11 is 3.76. The lowest BCUT2D eigenvalue weighted by atomic mass is 9.97. The largest absolute Gasteiger partial charge is 0.481 e. The first kappa shape index (κ1) is 96.5. The number of nitrogens with two attached hydrogens (primary N) is 1. The Labute approximate surface area is 639 Å². The summed E-state index contributed by atoms with van der Waals surface area (Å²) in [4.78, 5) is 213. The number of aliphatic hydroxyl groups excluding tert-OH is 16. The van der Waals surface area contributed by atoms with Crippen molar-refractivity contribution in [1.29, 1.82) is 0 Å². The maximum Gasteiger partial charge on any atom is 0.327 e. The Morgan fingerprint density at radius 2 is 0.752 bits per heavy atom. The summed E-state index contributed by atoms with van der Waals surface area (Å²) in [5.41, 5.74) is 5.22. The Morgan fingerprint density at radius 1 is 0.416 bits per heavy atom. The molecule has 52 heteroatoms. The van der Waals surface area contributed by atoms with Gasteiger partial charge in [-0.2, -0.15) is 17.6 Å². The number of carbonyl (C=O) groups excluding carboxylic acids is 9. The number of carbonyl (C=O) groups is 14. The summed E-state index contributed by atoms with van der Waals surface area (Å²) in [6.45, 7) is -5.68. The van der Waals surface area contributed by atoms with E-state index >= 15 is 0 Å². The molecule has 21 atom stereocenters. The van der Waals surface area contributed by atoms with Crippen LogP contribution in [0.15, 0.2) is 35.3 Å². The SMILES string of the molecule is Nc1nc2ncc(CNc3ccc(C(=O)N[C@@H](CCC(=O)N[C@@H](C(=O)N[C@@H](CCC(=O)O)C(=O)N[C@@H](C(=O)N[C@@H](CCC(=O)O)C(=O)N[C@@H](C(=O)N[C@@H](CCC(=O)O)C(=O)N[C@@H](C(=O)N[C@@H](CS)C(=O)O)[C@@H](O)[C@H](O)[C@H](O)CO)[C@@H](O)[C@H](O)[C@H](O)CO)[C@@H](O)[C@H](O)[C@H](O)CO)[C@@H](O)[C@H](O)[C@H](O)CO)C(=O)O)cc3)nc2c(=O)[nH]1. The van der Waals surface area contributed by atoms with Crippen molar-refractivity contribution in [2.24, 2.45) is 0 Å². The lowest BCUT2D eigenvalue weighted by molar-refractivity contribution is -0.146. The fourth-order valence-corrected chi connectivity index (χ4v) is 10.2. The second kappa shape index (κ2) is 46.4. The van der Waals surface area contributed by atoms with Crippen molar-refractivity contribution in [3.05, 3.63) is 52.1 Å². The maximum absolute atomic E-state index is 14.5. The van der Waals surface area contributed by atoms with Crippen LogP contribution in [0.4, 0.5) is 11.6 Å². The van der Waals surface area contributed by atoms with E-state index in [4.69, 9.17) is 5.73 Å². The first-order valence-electron chi connectivity index (χ1n) is 33.4. The Bertz CT molecular complexity index is 3850. The van der Waals surface area contributed by atoms with Crippen LogP contribution in [0.25, 0.3) is 11.2 Å². The van der Waals surface area contributed by atoms with E-state index in [-0.39, 0.29) is 34.9 Å². The summed E-state index contributed by atoms with van der Waals surface area (Å²) < 4.78 is 0. The summed E-state index contributed by atoms with van der Waals surface area (Å²) in [6, 6.07) is -17.4. The number of fused-ring (bicyclic) bond motifs is 1. The number of nitrogen functional groups attached to an aromatic ring is 1. The highest BCUT2D eigenvalue weighted by Gasteiger charge is 2.46. The Morgan fingerprint density at radius 3 is 1.08 bits per heavy atom. The van der Waals surface area contributed by atoms with Gasteiger partial charge in [-0.3, -0.25) is 67.3 Å². The fourth-order valence-electron chi connectivity index (χ4n) is 9.97. The number of aliphatic carboxylic acids is 5. The number of aromatic nitrogens is 4. The van der Waals surface area contributed by atoms with Crippen molar-refractivity contribution in [1.82, 2.24) is 67.8 Å². The van der Waals surface area contributed by atoms with Crippen molar-refractivity contribution in [3.63, 3.8) is 0 Å². The lowest BCUT2D eigenvalue weighted by Crippen LogP contribution is -2.66. The average molecular weight is 1640 g/mol. The first-order valence-corrected chi connectivity index (χ1v) is 34.0. The molecule has 0 fully saturated rings. The number of hydrogen-bond donors (Lipinski definition) is 34. The van der Waals surface area contributed by atoms with E-state index in [1.165, 1.54) is 30.5 Å². The number of carboxylic acid groups (broad SMARTS) is 5. The van der Waals surface area contributed by atoms with E-state index in [0.717, 1.165) is 0 Å². The Balaban J connectivity index is 2.05. The third-order valence-corrected chi connectivity index (χ3v) is 16.8. The molecule has 2 aromatic heterocycles. The monoisotopic (exact) mass is 1640 g/mol. The fraction of sp³-hybridized carbons (Fsp3) is 0.574.